The van der Waals surface area contributed by atoms with Crippen LogP contribution >= 0.6 is 8.81 Å². The van der Waals surface area contributed by atoms with E-state index in [1.807, 2.05) is 61.3 Å². The lowest BCUT2D eigenvalue weighted by Gasteiger charge is -2.32. The molecule has 2 aromatic carbocycles. The van der Waals surface area contributed by atoms with Crippen LogP contribution in [0.15, 0.2) is 66.5 Å². The van der Waals surface area contributed by atoms with Gasteiger partial charge in [0.05, 0.1) is 15.4 Å². The predicted molar refractivity (Wildman–Crippen MR) is 103 cm³/mol. The van der Waals surface area contributed by atoms with E-state index in [4.69, 9.17) is 14.0 Å². The Kier molecular flexibility index (Phi) is 6.87. The third kappa shape index (κ3) is 5.05. The van der Waals surface area contributed by atoms with Crippen molar-refractivity contribution in [3.05, 3.63) is 72.1 Å². The highest BCUT2D eigenvalue weighted by molar-refractivity contribution is 7.36. The zero-order chi connectivity index (χ0) is 17.3. The molecule has 0 spiro atoms. The molecular weight excluding hydrogens is 333 g/mol. The first-order valence-electron chi connectivity index (χ1n) is 8.55. The van der Waals surface area contributed by atoms with E-state index in [1.165, 1.54) is 0 Å². The quantitative estimate of drug-likeness (QED) is 0.750. The van der Waals surface area contributed by atoms with Crippen LogP contribution in [0.2, 0.25) is 0 Å². The summed E-state index contributed by atoms with van der Waals surface area (Å²) in [7, 11) is 0.271. The van der Waals surface area contributed by atoms with Crippen LogP contribution in [0.1, 0.15) is 18.6 Å². The van der Waals surface area contributed by atoms with Gasteiger partial charge in [0.2, 0.25) is 0 Å². The van der Waals surface area contributed by atoms with E-state index in [2.05, 4.69) is 17.4 Å². The minimum Gasteiger partial charge on any atom is -0.479 e. The molecule has 1 heterocycles. The van der Waals surface area contributed by atoms with Crippen LogP contribution in [0.25, 0.3) is 0 Å². The molecule has 1 N–H and O–H groups in total. The van der Waals surface area contributed by atoms with Gasteiger partial charge in [-0.15, -0.1) is 0 Å². The van der Waals surface area contributed by atoms with Gasteiger partial charge in [0, 0.05) is 13.1 Å². The number of ether oxygens (including phenoxy) is 2. The summed E-state index contributed by atoms with van der Waals surface area (Å²) < 4.78 is 18.2. The molecule has 0 amide bonds. The van der Waals surface area contributed by atoms with Crippen molar-refractivity contribution in [3.8, 4) is 11.5 Å². The molecule has 132 valence electrons. The molecule has 0 aromatic heterocycles. The summed E-state index contributed by atoms with van der Waals surface area (Å²) >= 11 is 0. The van der Waals surface area contributed by atoms with Gasteiger partial charge in [0.1, 0.15) is 6.10 Å². The van der Waals surface area contributed by atoms with Crippen LogP contribution in [0.5, 0.6) is 11.5 Å². The maximum Gasteiger partial charge on any atom is 0.165 e. The van der Waals surface area contributed by atoms with Crippen LogP contribution < -0.4 is 14.6 Å². The van der Waals surface area contributed by atoms with E-state index in [9.17, 15) is 0 Å². The molecule has 1 aliphatic heterocycles. The van der Waals surface area contributed by atoms with Gasteiger partial charge in [-0.25, -0.2) is 0 Å². The first kappa shape index (κ1) is 17.9. The largest absolute Gasteiger partial charge is 0.479 e. The lowest BCUT2D eigenvalue weighted by Crippen LogP contribution is -2.43. The summed E-state index contributed by atoms with van der Waals surface area (Å²) in [5.41, 5.74) is 1.10. The average molecular weight is 357 g/mol. The molecule has 0 aliphatic carbocycles. The highest BCUT2D eigenvalue weighted by Gasteiger charge is 2.28. The van der Waals surface area contributed by atoms with Gasteiger partial charge in [-0.2, -0.15) is 0 Å². The monoisotopic (exact) mass is 357 g/mol. The maximum absolute atomic E-state index is 6.39. The SMILES string of the molecule is C/C=C\POc1ccccc1OC(c1ccccc1)C1CNCCO1. The molecule has 1 saturated heterocycles. The summed E-state index contributed by atoms with van der Waals surface area (Å²) in [5.74, 6) is 3.49. The summed E-state index contributed by atoms with van der Waals surface area (Å²) in [6.07, 6.45) is 1.75. The normalized spacial score (nSPS) is 19.3. The number of nitrogens with one attached hydrogen (secondary N) is 1. The zero-order valence-electron chi connectivity index (χ0n) is 14.4. The number of hydrogen-bond donors (Lipinski definition) is 1. The van der Waals surface area contributed by atoms with Crippen molar-refractivity contribution in [2.45, 2.75) is 19.1 Å². The van der Waals surface area contributed by atoms with Crippen LogP contribution in [0.3, 0.4) is 0 Å². The molecule has 5 heteroatoms. The van der Waals surface area contributed by atoms with E-state index in [0.29, 0.717) is 6.61 Å². The maximum atomic E-state index is 6.39. The van der Waals surface area contributed by atoms with Gasteiger partial charge >= 0.3 is 0 Å². The molecule has 0 saturated carbocycles. The lowest BCUT2D eigenvalue weighted by atomic mass is 10.0. The Labute approximate surface area is 151 Å². The number of rotatable bonds is 7. The Bertz CT molecular complexity index is 672. The van der Waals surface area contributed by atoms with Crippen LogP contribution in [0.4, 0.5) is 0 Å². The van der Waals surface area contributed by atoms with Crippen molar-refractivity contribution in [2.75, 3.05) is 19.7 Å². The fraction of sp³-hybridized carbons (Fsp3) is 0.300. The Morgan fingerprint density at radius 3 is 2.60 bits per heavy atom. The first-order valence-corrected chi connectivity index (χ1v) is 9.53. The van der Waals surface area contributed by atoms with E-state index in [-0.39, 0.29) is 21.0 Å². The van der Waals surface area contributed by atoms with Gasteiger partial charge in [-0.05, 0) is 30.4 Å². The van der Waals surface area contributed by atoms with Crippen molar-refractivity contribution < 1.29 is 14.0 Å². The zero-order valence-corrected chi connectivity index (χ0v) is 15.4. The molecule has 3 rings (SSSR count). The van der Waals surface area contributed by atoms with Crippen molar-refractivity contribution in [1.82, 2.24) is 5.32 Å². The minimum atomic E-state index is -0.191. The second-order valence-electron chi connectivity index (χ2n) is 5.73. The summed E-state index contributed by atoms with van der Waals surface area (Å²) in [5, 5.41) is 3.38. The Balaban J connectivity index is 1.82. The first-order chi connectivity index (χ1) is 12.4. The topological polar surface area (TPSA) is 39.7 Å². The van der Waals surface area contributed by atoms with Gasteiger partial charge in [-0.3, -0.25) is 0 Å². The molecule has 2 aromatic rings. The predicted octanol–water partition coefficient (Wildman–Crippen LogP) is 4.30. The molecule has 1 fully saturated rings. The van der Waals surface area contributed by atoms with E-state index < -0.39 is 0 Å². The van der Waals surface area contributed by atoms with Crippen molar-refractivity contribution in [3.63, 3.8) is 0 Å². The number of allylic oxidation sites excluding steroid dienone is 1. The molecule has 3 atom stereocenters. The van der Waals surface area contributed by atoms with Crippen molar-refractivity contribution >= 4 is 8.81 Å². The van der Waals surface area contributed by atoms with Crippen molar-refractivity contribution in [2.24, 2.45) is 0 Å². The third-order valence-electron chi connectivity index (χ3n) is 3.93. The molecule has 0 bridgehead atoms. The summed E-state index contributed by atoms with van der Waals surface area (Å²) in [6, 6.07) is 18.0. The van der Waals surface area contributed by atoms with E-state index in [1.54, 1.807) is 0 Å². The van der Waals surface area contributed by atoms with Gasteiger partial charge in [0.25, 0.3) is 0 Å². The molecule has 25 heavy (non-hydrogen) atoms. The number of morpholine rings is 1. The summed E-state index contributed by atoms with van der Waals surface area (Å²) in [4.78, 5) is 0. The Morgan fingerprint density at radius 1 is 1.12 bits per heavy atom. The molecular formula is C20H24NO3P. The highest BCUT2D eigenvalue weighted by atomic mass is 31.1. The number of para-hydroxylation sites is 2. The van der Waals surface area contributed by atoms with Crippen LogP contribution in [-0.4, -0.2) is 25.8 Å². The standard InChI is InChI=1S/C20H24NO3P/c1-2-14-25-24-18-11-7-6-10-17(18)23-20(16-8-4-3-5-9-16)19-15-21-12-13-22-19/h2-11,14,19-21,25H,12-13,15H2,1H3/b14-2-. The van der Waals surface area contributed by atoms with Gasteiger partial charge < -0.3 is 19.3 Å². The fourth-order valence-corrected chi connectivity index (χ4v) is 3.22. The van der Waals surface area contributed by atoms with Gasteiger partial charge in [0.15, 0.2) is 17.6 Å². The van der Waals surface area contributed by atoms with Crippen molar-refractivity contribution in [1.29, 1.82) is 0 Å². The van der Waals surface area contributed by atoms with Gasteiger partial charge in [-0.1, -0.05) is 48.5 Å². The van der Waals surface area contributed by atoms with E-state index in [0.717, 1.165) is 30.2 Å². The minimum absolute atomic E-state index is 0.0396. The lowest BCUT2D eigenvalue weighted by molar-refractivity contribution is -0.0436. The summed E-state index contributed by atoms with van der Waals surface area (Å²) in [6.45, 7) is 4.32. The molecule has 0 radical (unpaired) electrons. The highest BCUT2D eigenvalue weighted by Crippen LogP contribution is 2.36. The molecule has 1 aliphatic rings. The second kappa shape index (κ2) is 9.57. The number of benzene rings is 2. The average Bonchev–Trinajstić information content (AvgIpc) is 2.69. The fourth-order valence-electron chi connectivity index (χ4n) is 2.72. The Hall–Kier alpha value is -1.87. The van der Waals surface area contributed by atoms with Crippen LogP contribution in [0, 0.1) is 0 Å². The third-order valence-corrected chi connectivity index (χ3v) is 4.74. The molecule has 4 nitrogen and oxygen atoms in total. The molecule has 3 unspecified atom stereocenters. The van der Waals surface area contributed by atoms with Crippen LogP contribution in [-0.2, 0) is 4.74 Å². The smallest absolute Gasteiger partial charge is 0.165 e. The number of hydrogen-bond acceptors (Lipinski definition) is 4. The van der Waals surface area contributed by atoms with E-state index >= 15 is 0 Å². The Morgan fingerprint density at radius 2 is 1.88 bits per heavy atom. The second-order valence-corrected chi connectivity index (χ2v) is 6.50.